The molecule has 1 amide bonds. The van der Waals surface area contributed by atoms with Gasteiger partial charge in [0.15, 0.2) is 0 Å². The maximum absolute atomic E-state index is 12.0. The number of nitrogens with one attached hydrogen (secondary N) is 2. The molecule has 0 saturated heterocycles. The van der Waals surface area contributed by atoms with Gasteiger partial charge in [0.05, 0.1) is 18.7 Å². The molecule has 1 aromatic carbocycles. The number of rotatable bonds is 6. The Morgan fingerprint density at radius 1 is 1.32 bits per heavy atom. The smallest absolute Gasteiger partial charge is 0.233 e. The monoisotopic (exact) mass is 304 g/mol. The van der Waals surface area contributed by atoms with Crippen molar-refractivity contribution in [1.29, 1.82) is 0 Å². The first-order chi connectivity index (χ1) is 10.4. The first kappa shape index (κ1) is 17.0. The molecule has 22 heavy (non-hydrogen) atoms. The van der Waals surface area contributed by atoms with Crippen LogP contribution >= 0.6 is 0 Å². The number of amides is 1. The normalized spacial score (nSPS) is 20.7. The summed E-state index contributed by atoms with van der Waals surface area (Å²) in [6, 6.07) is 8.14. The summed E-state index contributed by atoms with van der Waals surface area (Å²) in [5.74, 6) is -0.0125. The van der Waals surface area contributed by atoms with Crippen LogP contribution in [0.5, 0.6) is 0 Å². The lowest BCUT2D eigenvalue weighted by Gasteiger charge is -2.29. The molecule has 4 nitrogen and oxygen atoms in total. The fraction of sp³-hybridized carbons (Fsp3) is 0.611. The highest BCUT2D eigenvalue weighted by Crippen LogP contribution is 2.36. The number of carbonyl (C=O) groups excluding carboxylic acids is 1. The van der Waals surface area contributed by atoms with Crippen molar-refractivity contribution in [3.05, 3.63) is 35.4 Å². The van der Waals surface area contributed by atoms with Gasteiger partial charge in [-0.25, -0.2) is 0 Å². The van der Waals surface area contributed by atoms with Gasteiger partial charge in [-0.05, 0) is 35.8 Å². The van der Waals surface area contributed by atoms with Crippen molar-refractivity contribution >= 4 is 5.91 Å². The van der Waals surface area contributed by atoms with Crippen LogP contribution in [0, 0.1) is 5.41 Å². The highest BCUT2D eigenvalue weighted by molar-refractivity contribution is 5.78. The van der Waals surface area contributed by atoms with Gasteiger partial charge >= 0.3 is 0 Å². The molecular weight excluding hydrogens is 276 g/mol. The van der Waals surface area contributed by atoms with E-state index < -0.39 is 5.54 Å². The minimum Gasteiger partial charge on any atom is -0.394 e. The maximum Gasteiger partial charge on any atom is 0.233 e. The highest BCUT2D eigenvalue weighted by Gasteiger charge is 2.37. The zero-order valence-electron chi connectivity index (χ0n) is 13.9. The molecule has 0 spiro atoms. The first-order valence-corrected chi connectivity index (χ1v) is 8.07. The summed E-state index contributed by atoms with van der Waals surface area (Å²) in [7, 11) is 0. The van der Waals surface area contributed by atoms with E-state index in [9.17, 15) is 9.90 Å². The third-order valence-electron chi connectivity index (χ3n) is 4.41. The number of aliphatic hydroxyl groups is 1. The van der Waals surface area contributed by atoms with Crippen LogP contribution in [0.1, 0.15) is 44.7 Å². The van der Waals surface area contributed by atoms with E-state index in [1.54, 1.807) is 0 Å². The van der Waals surface area contributed by atoms with Crippen molar-refractivity contribution in [1.82, 2.24) is 10.6 Å². The first-order valence-electron chi connectivity index (χ1n) is 8.07. The molecule has 2 rings (SSSR count). The van der Waals surface area contributed by atoms with Crippen molar-refractivity contribution in [3.8, 4) is 0 Å². The van der Waals surface area contributed by atoms with Crippen molar-refractivity contribution in [3.63, 3.8) is 0 Å². The van der Waals surface area contributed by atoms with Crippen LogP contribution in [0.25, 0.3) is 0 Å². The number of carbonyl (C=O) groups is 1. The Morgan fingerprint density at radius 2 is 2.05 bits per heavy atom. The molecule has 122 valence electrons. The second kappa shape index (κ2) is 6.80. The Bertz CT molecular complexity index is 522. The number of hydrogen-bond acceptors (Lipinski definition) is 3. The second-order valence-electron chi connectivity index (χ2n) is 7.41. The van der Waals surface area contributed by atoms with E-state index in [4.69, 9.17) is 0 Å². The maximum atomic E-state index is 12.0. The topological polar surface area (TPSA) is 61.4 Å². The Labute approximate surface area is 133 Å². The molecular formula is C18H28N2O2. The molecule has 1 aromatic rings. The highest BCUT2D eigenvalue weighted by atomic mass is 16.3. The van der Waals surface area contributed by atoms with E-state index in [0.29, 0.717) is 6.54 Å². The minimum atomic E-state index is -0.474. The van der Waals surface area contributed by atoms with Crippen LogP contribution in [-0.4, -0.2) is 30.7 Å². The Balaban J connectivity index is 1.89. The Kier molecular flexibility index (Phi) is 5.24. The van der Waals surface area contributed by atoms with E-state index in [2.05, 4.69) is 37.5 Å². The molecule has 0 fully saturated rings. The van der Waals surface area contributed by atoms with Crippen LogP contribution in [0.15, 0.2) is 24.3 Å². The number of benzene rings is 1. The Hall–Kier alpha value is -1.39. The molecule has 1 unspecified atom stereocenters. The predicted octanol–water partition coefficient (Wildman–Crippen LogP) is 1.96. The standard InChI is InChI=1S/C18H28N2O2/c1-17(2,3)10-11-19-16(22)12-20-18(13-21)9-8-14-6-4-5-7-15(14)18/h4-7,20-21H,8-13H2,1-3H3,(H,19,22). The Morgan fingerprint density at radius 3 is 2.73 bits per heavy atom. The molecule has 0 bridgehead atoms. The number of aliphatic hydroxyl groups excluding tert-OH is 1. The lowest BCUT2D eigenvalue weighted by atomic mass is 9.92. The molecule has 0 radical (unpaired) electrons. The van der Waals surface area contributed by atoms with Crippen LogP contribution < -0.4 is 10.6 Å². The summed E-state index contributed by atoms with van der Waals surface area (Å²) in [6.07, 6.45) is 2.72. The largest absolute Gasteiger partial charge is 0.394 e. The molecule has 0 saturated carbocycles. The van der Waals surface area contributed by atoms with Gasteiger partial charge in [0.25, 0.3) is 0 Å². The summed E-state index contributed by atoms with van der Waals surface area (Å²) in [5.41, 5.74) is 2.13. The molecule has 1 aliphatic rings. The van der Waals surface area contributed by atoms with Gasteiger partial charge in [-0.3, -0.25) is 10.1 Å². The van der Waals surface area contributed by atoms with Crippen molar-refractivity contribution < 1.29 is 9.90 Å². The van der Waals surface area contributed by atoms with Gasteiger partial charge in [-0.15, -0.1) is 0 Å². The van der Waals surface area contributed by atoms with Crippen molar-refractivity contribution in [2.45, 2.75) is 45.6 Å². The summed E-state index contributed by atoms with van der Waals surface area (Å²) >= 11 is 0. The fourth-order valence-corrected chi connectivity index (χ4v) is 2.98. The van der Waals surface area contributed by atoms with Gasteiger partial charge < -0.3 is 10.4 Å². The van der Waals surface area contributed by atoms with Gasteiger partial charge in [-0.1, -0.05) is 45.0 Å². The third kappa shape index (κ3) is 4.08. The average molecular weight is 304 g/mol. The molecule has 1 aliphatic carbocycles. The zero-order valence-corrected chi connectivity index (χ0v) is 13.9. The predicted molar refractivity (Wildman–Crippen MR) is 88.6 cm³/mol. The molecule has 0 heterocycles. The van der Waals surface area contributed by atoms with Crippen molar-refractivity contribution in [2.75, 3.05) is 19.7 Å². The van der Waals surface area contributed by atoms with Crippen LogP contribution in [-0.2, 0) is 16.8 Å². The third-order valence-corrected chi connectivity index (χ3v) is 4.41. The second-order valence-corrected chi connectivity index (χ2v) is 7.41. The molecule has 0 aliphatic heterocycles. The molecule has 0 aromatic heterocycles. The van der Waals surface area contributed by atoms with Crippen molar-refractivity contribution in [2.24, 2.45) is 5.41 Å². The fourth-order valence-electron chi connectivity index (χ4n) is 2.98. The number of fused-ring (bicyclic) bond motifs is 1. The molecule has 3 N–H and O–H groups in total. The van der Waals surface area contributed by atoms with Crippen LogP contribution in [0.2, 0.25) is 0 Å². The van der Waals surface area contributed by atoms with Gasteiger partial charge in [0, 0.05) is 6.54 Å². The summed E-state index contributed by atoms with van der Waals surface area (Å²) < 4.78 is 0. The quantitative estimate of drug-likeness (QED) is 0.753. The number of hydrogen-bond donors (Lipinski definition) is 3. The lowest BCUT2D eigenvalue weighted by molar-refractivity contribution is -0.120. The van der Waals surface area contributed by atoms with E-state index in [1.165, 1.54) is 5.56 Å². The van der Waals surface area contributed by atoms with Crippen LogP contribution in [0.4, 0.5) is 0 Å². The molecule has 1 atom stereocenters. The summed E-state index contributed by atoms with van der Waals surface area (Å²) in [5, 5.41) is 16.1. The SMILES string of the molecule is CC(C)(C)CCNC(=O)CNC1(CO)CCc2ccccc21. The average Bonchev–Trinajstić information content (AvgIpc) is 2.83. The van der Waals surface area contributed by atoms with E-state index in [1.807, 2.05) is 18.2 Å². The zero-order chi connectivity index (χ0) is 16.2. The summed E-state index contributed by atoms with van der Waals surface area (Å²) in [6.45, 7) is 7.42. The van der Waals surface area contributed by atoms with E-state index in [0.717, 1.165) is 24.8 Å². The van der Waals surface area contributed by atoms with Gasteiger partial charge in [-0.2, -0.15) is 0 Å². The number of aryl methyl sites for hydroxylation is 1. The van der Waals surface area contributed by atoms with E-state index >= 15 is 0 Å². The van der Waals surface area contributed by atoms with Crippen LogP contribution in [0.3, 0.4) is 0 Å². The lowest BCUT2D eigenvalue weighted by Crippen LogP contribution is -2.48. The summed E-state index contributed by atoms with van der Waals surface area (Å²) in [4.78, 5) is 12.0. The van der Waals surface area contributed by atoms with Gasteiger partial charge in [0.1, 0.15) is 0 Å². The molecule has 4 heteroatoms. The van der Waals surface area contributed by atoms with Gasteiger partial charge in [0.2, 0.25) is 5.91 Å². The van der Waals surface area contributed by atoms with E-state index in [-0.39, 0.29) is 24.5 Å². The minimum absolute atomic E-state index is 0.0125.